The summed E-state index contributed by atoms with van der Waals surface area (Å²) < 4.78 is 18.4. The van der Waals surface area contributed by atoms with E-state index in [0.717, 1.165) is 20.2 Å². The highest BCUT2D eigenvalue weighted by Crippen LogP contribution is 2.36. The lowest BCUT2D eigenvalue weighted by atomic mass is 10.1. The van der Waals surface area contributed by atoms with Gasteiger partial charge < -0.3 is 24.4 Å². The number of nitrogens with zero attached hydrogens (tertiary/aromatic N) is 1. The summed E-state index contributed by atoms with van der Waals surface area (Å²) in [4.78, 5) is 39.2. The topological polar surface area (TPSA) is 94.2 Å². The number of carbonyl (C=O) groups excluding carboxylic acids is 3. The summed E-state index contributed by atoms with van der Waals surface area (Å²) in [5.74, 6) is -2.27. The van der Waals surface area contributed by atoms with Crippen LogP contribution in [0.3, 0.4) is 0 Å². The molecule has 9 heteroatoms. The molecule has 0 unspecified atom stereocenters. The van der Waals surface area contributed by atoms with Gasteiger partial charge in [-0.05, 0) is 24.3 Å². The molecule has 2 fully saturated rings. The van der Waals surface area contributed by atoms with Crippen LogP contribution in [0.15, 0.2) is 42.5 Å². The second-order valence-electron chi connectivity index (χ2n) is 7.86. The van der Waals surface area contributed by atoms with Gasteiger partial charge in [0.05, 0.1) is 33.4 Å². The van der Waals surface area contributed by atoms with Crippen molar-refractivity contribution in [3.63, 3.8) is 0 Å². The first-order valence-corrected chi connectivity index (χ1v) is 11.2. The van der Waals surface area contributed by atoms with Crippen molar-refractivity contribution in [2.75, 3.05) is 33.4 Å². The van der Waals surface area contributed by atoms with Crippen LogP contribution in [-0.2, 0) is 23.8 Å². The number of benzene rings is 2. The SMILES string of the molecule is COC(=O)[C@@H]1CC2(CN1C(=O)CNC(=O)c1ccc3sc4ccccc4c3c1)OCCO2. The highest BCUT2D eigenvalue weighted by molar-refractivity contribution is 7.25. The predicted molar refractivity (Wildman–Crippen MR) is 118 cm³/mol. The molecule has 8 nitrogen and oxygen atoms in total. The van der Waals surface area contributed by atoms with Crippen LogP contribution in [0.2, 0.25) is 0 Å². The van der Waals surface area contributed by atoms with Gasteiger partial charge in [-0.3, -0.25) is 9.59 Å². The van der Waals surface area contributed by atoms with Crippen molar-refractivity contribution < 1.29 is 28.6 Å². The van der Waals surface area contributed by atoms with E-state index in [4.69, 9.17) is 14.2 Å². The molecular formula is C23H22N2O6S. The van der Waals surface area contributed by atoms with E-state index in [2.05, 4.69) is 11.4 Å². The van der Waals surface area contributed by atoms with Gasteiger partial charge in [-0.15, -0.1) is 11.3 Å². The zero-order valence-electron chi connectivity index (χ0n) is 17.5. The lowest BCUT2D eigenvalue weighted by molar-refractivity contribution is -0.152. The molecule has 0 bridgehead atoms. The van der Waals surface area contributed by atoms with E-state index >= 15 is 0 Å². The zero-order chi connectivity index (χ0) is 22.3. The van der Waals surface area contributed by atoms with Crippen molar-refractivity contribution in [3.05, 3.63) is 48.0 Å². The van der Waals surface area contributed by atoms with Crippen molar-refractivity contribution in [2.45, 2.75) is 18.2 Å². The molecular weight excluding hydrogens is 432 g/mol. The maximum absolute atomic E-state index is 12.9. The minimum atomic E-state index is -0.983. The molecule has 166 valence electrons. The molecule has 32 heavy (non-hydrogen) atoms. The molecule has 2 saturated heterocycles. The monoisotopic (exact) mass is 454 g/mol. The molecule has 2 amide bonds. The number of hydrogen-bond donors (Lipinski definition) is 1. The number of nitrogens with one attached hydrogen (secondary N) is 1. The molecule has 1 N–H and O–H groups in total. The Kier molecular flexibility index (Phi) is 5.32. The van der Waals surface area contributed by atoms with Crippen LogP contribution in [0.1, 0.15) is 16.8 Å². The fourth-order valence-corrected chi connectivity index (χ4v) is 5.47. The number of carbonyl (C=O) groups is 3. The Hall–Kier alpha value is -3.01. The van der Waals surface area contributed by atoms with Crippen LogP contribution < -0.4 is 5.32 Å². The number of methoxy groups -OCH3 is 1. The number of esters is 1. The Balaban J connectivity index is 1.30. The summed E-state index contributed by atoms with van der Waals surface area (Å²) in [7, 11) is 1.28. The Morgan fingerprint density at radius 1 is 1.12 bits per heavy atom. The van der Waals surface area contributed by atoms with Gasteiger partial charge in [-0.2, -0.15) is 0 Å². The van der Waals surface area contributed by atoms with Crippen molar-refractivity contribution in [1.29, 1.82) is 0 Å². The maximum Gasteiger partial charge on any atom is 0.328 e. The minimum absolute atomic E-state index is 0.119. The maximum atomic E-state index is 12.9. The van der Waals surface area contributed by atoms with Crippen LogP contribution in [0.25, 0.3) is 20.2 Å². The number of fused-ring (bicyclic) bond motifs is 3. The summed E-state index contributed by atoms with van der Waals surface area (Å²) in [5.41, 5.74) is 0.471. The normalized spacial score (nSPS) is 19.7. The van der Waals surface area contributed by atoms with Crippen LogP contribution in [-0.4, -0.2) is 67.9 Å². The van der Waals surface area contributed by atoms with Gasteiger partial charge in [0, 0.05) is 32.2 Å². The van der Waals surface area contributed by atoms with Gasteiger partial charge in [0.2, 0.25) is 5.91 Å². The molecule has 2 aromatic carbocycles. The van der Waals surface area contributed by atoms with E-state index < -0.39 is 23.7 Å². The fourth-order valence-electron chi connectivity index (χ4n) is 4.38. The molecule has 2 aliphatic rings. The van der Waals surface area contributed by atoms with E-state index in [1.54, 1.807) is 17.4 Å². The van der Waals surface area contributed by atoms with Gasteiger partial charge in [-0.1, -0.05) is 18.2 Å². The van der Waals surface area contributed by atoms with Crippen LogP contribution in [0.4, 0.5) is 0 Å². The summed E-state index contributed by atoms with van der Waals surface area (Å²) >= 11 is 1.67. The smallest absolute Gasteiger partial charge is 0.328 e. The first-order chi connectivity index (χ1) is 15.5. The molecule has 3 aromatic rings. The number of likely N-dealkylation sites (tertiary alicyclic amines) is 1. The van der Waals surface area contributed by atoms with Crippen molar-refractivity contribution >= 4 is 49.3 Å². The van der Waals surface area contributed by atoms with Crippen LogP contribution in [0, 0.1) is 0 Å². The van der Waals surface area contributed by atoms with Gasteiger partial charge in [0.15, 0.2) is 5.79 Å². The van der Waals surface area contributed by atoms with Gasteiger partial charge in [0.25, 0.3) is 5.91 Å². The third-order valence-corrected chi connectivity index (χ3v) is 7.09. The number of ether oxygens (including phenoxy) is 3. The fraction of sp³-hybridized carbons (Fsp3) is 0.348. The summed E-state index contributed by atoms with van der Waals surface area (Å²) in [6.45, 7) is 0.692. The Morgan fingerprint density at radius 3 is 2.66 bits per heavy atom. The number of hydrogen-bond acceptors (Lipinski definition) is 7. The molecule has 1 aromatic heterocycles. The molecule has 5 rings (SSSR count). The quantitative estimate of drug-likeness (QED) is 0.608. The van der Waals surface area contributed by atoms with Gasteiger partial charge in [0.1, 0.15) is 6.04 Å². The lowest BCUT2D eigenvalue weighted by Crippen LogP contribution is -2.46. The average molecular weight is 455 g/mol. The van der Waals surface area contributed by atoms with E-state index in [1.807, 2.05) is 30.3 Å². The van der Waals surface area contributed by atoms with Crippen LogP contribution in [0.5, 0.6) is 0 Å². The predicted octanol–water partition coefficient (Wildman–Crippen LogP) is 2.30. The summed E-state index contributed by atoms with van der Waals surface area (Å²) in [6, 6.07) is 12.7. The largest absolute Gasteiger partial charge is 0.467 e. The van der Waals surface area contributed by atoms with Crippen LogP contribution >= 0.6 is 11.3 Å². The molecule has 0 aliphatic carbocycles. The molecule has 0 radical (unpaired) electrons. The number of amides is 2. The summed E-state index contributed by atoms with van der Waals surface area (Å²) in [6.07, 6.45) is 0.210. The van der Waals surface area contributed by atoms with E-state index in [9.17, 15) is 14.4 Å². The number of thiophene rings is 1. The lowest BCUT2D eigenvalue weighted by Gasteiger charge is -2.23. The second kappa shape index (κ2) is 8.16. The first kappa shape index (κ1) is 20.9. The van der Waals surface area contributed by atoms with Gasteiger partial charge >= 0.3 is 5.97 Å². The molecule has 2 aliphatic heterocycles. The standard InChI is InChI=1S/C23H22N2O6S/c1-29-22(28)17-11-23(30-8-9-31-23)13-25(17)20(26)12-24-21(27)14-6-7-19-16(10-14)15-4-2-3-5-18(15)32-19/h2-7,10,17H,8-9,11-13H2,1H3,(H,24,27)/t17-/m0/s1. The van der Waals surface area contributed by atoms with Crippen molar-refractivity contribution in [2.24, 2.45) is 0 Å². The van der Waals surface area contributed by atoms with E-state index in [1.165, 1.54) is 12.0 Å². The molecule has 1 atom stereocenters. The Morgan fingerprint density at radius 2 is 1.88 bits per heavy atom. The summed E-state index contributed by atoms with van der Waals surface area (Å²) in [5, 5.41) is 4.78. The van der Waals surface area contributed by atoms with E-state index in [0.29, 0.717) is 18.8 Å². The van der Waals surface area contributed by atoms with Crippen molar-refractivity contribution in [1.82, 2.24) is 10.2 Å². The Labute approximate surface area is 188 Å². The molecule has 1 spiro atoms. The third-order valence-electron chi connectivity index (χ3n) is 5.94. The molecule has 0 saturated carbocycles. The zero-order valence-corrected chi connectivity index (χ0v) is 18.3. The number of rotatable bonds is 4. The minimum Gasteiger partial charge on any atom is -0.467 e. The van der Waals surface area contributed by atoms with E-state index in [-0.39, 0.29) is 25.4 Å². The third kappa shape index (κ3) is 3.62. The highest BCUT2D eigenvalue weighted by atomic mass is 32.1. The highest BCUT2D eigenvalue weighted by Gasteiger charge is 2.52. The van der Waals surface area contributed by atoms with Crippen molar-refractivity contribution in [3.8, 4) is 0 Å². The second-order valence-corrected chi connectivity index (χ2v) is 8.95. The Bertz CT molecular complexity index is 1220. The van der Waals surface area contributed by atoms with Gasteiger partial charge in [-0.25, -0.2) is 4.79 Å². The first-order valence-electron chi connectivity index (χ1n) is 10.3. The molecule has 3 heterocycles. The average Bonchev–Trinajstić information content (AvgIpc) is 3.53.